The van der Waals surface area contributed by atoms with E-state index in [-0.39, 0.29) is 0 Å². The third kappa shape index (κ3) is 3.91. The number of nitrogens with zero attached hydrogens (tertiary/aromatic N) is 2. The molecule has 0 aliphatic heterocycles. The second-order valence-corrected chi connectivity index (χ2v) is 6.92. The Morgan fingerprint density at radius 3 is 2.82 bits per heavy atom. The molecule has 0 aliphatic rings. The number of carbonyl (C=O) groups excluding carboxylic acids is 2. The van der Waals surface area contributed by atoms with Gasteiger partial charge in [0.1, 0.15) is 5.52 Å². The number of anilines is 1. The number of hydrogen-bond donors (Lipinski definition) is 1. The van der Waals surface area contributed by atoms with E-state index < -0.39 is 18.5 Å². The molecule has 0 saturated heterocycles. The van der Waals surface area contributed by atoms with E-state index in [1.807, 2.05) is 36.6 Å². The van der Waals surface area contributed by atoms with E-state index in [1.165, 1.54) is 17.7 Å². The van der Waals surface area contributed by atoms with Crippen LogP contribution >= 0.6 is 11.3 Å². The van der Waals surface area contributed by atoms with Gasteiger partial charge in [-0.15, -0.1) is 11.3 Å². The molecule has 1 amide bonds. The summed E-state index contributed by atoms with van der Waals surface area (Å²) < 4.78 is 10.2. The Kier molecular flexibility index (Phi) is 4.86. The Morgan fingerprint density at radius 1 is 1.18 bits per heavy atom. The number of carbonyl (C=O) groups is 2. The molecule has 0 atom stereocenters. The Bertz CT molecular complexity index is 1150. The summed E-state index contributed by atoms with van der Waals surface area (Å²) in [5.74, 6) is -1.07. The lowest BCUT2D eigenvalue weighted by atomic mass is 10.1. The highest BCUT2D eigenvalue weighted by Gasteiger charge is 2.13. The topological polar surface area (TPSA) is 94.3 Å². The molecular weight excluding hydrogens is 378 g/mol. The van der Waals surface area contributed by atoms with Crippen LogP contribution in [0.25, 0.3) is 22.4 Å². The van der Waals surface area contributed by atoms with E-state index in [0.717, 1.165) is 16.8 Å². The van der Waals surface area contributed by atoms with Crippen molar-refractivity contribution in [3.63, 3.8) is 0 Å². The van der Waals surface area contributed by atoms with Gasteiger partial charge < -0.3 is 9.15 Å². The van der Waals surface area contributed by atoms with Gasteiger partial charge >= 0.3 is 5.97 Å². The van der Waals surface area contributed by atoms with Crippen LogP contribution in [0.2, 0.25) is 0 Å². The number of rotatable bonds is 5. The number of hydrogen-bond acceptors (Lipinski definition) is 7. The molecule has 28 heavy (non-hydrogen) atoms. The van der Waals surface area contributed by atoms with Crippen LogP contribution in [0.4, 0.5) is 5.13 Å². The van der Waals surface area contributed by atoms with Crippen molar-refractivity contribution in [2.75, 3.05) is 11.9 Å². The van der Waals surface area contributed by atoms with Gasteiger partial charge in [-0.2, -0.15) is 0 Å². The highest BCUT2D eigenvalue weighted by atomic mass is 32.1. The molecule has 1 N–H and O–H groups in total. The molecule has 0 saturated carbocycles. The number of aromatic nitrogens is 2. The van der Waals surface area contributed by atoms with E-state index in [4.69, 9.17) is 9.15 Å². The van der Waals surface area contributed by atoms with E-state index in [9.17, 15) is 9.59 Å². The standard InChI is InChI=1S/C20H15N3O4S/c1-12-2-4-13(5-3-12)16-10-28-20(22-16)23-18(24)9-26-19(25)14-6-7-17-15(8-14)21-11-27-17/h2-8,10-11H,9H2,1H3,(H,22,23,24). The number of amides is 1. The number of nitrogens with one attached hydrogen (secondary N) is 1. The maximum atomic E-state index is 12.1. The largest absolute Gasteiger partial charge is 0.452 e. The molecular formula is C20H15N3O4S. The van der Waals surface area contributed by atoms with Crippen LogP contribution in [0.15, 0.2) is 58.7 Å². The monoisotopic (exact) mass is 393 g/mol. The van der Waals surface area contributed by atoms with E-state index in [0.29, 0.717) is 21.8 Å². The predicted octanol–water partition coefficient (Wildman–Crippen LogP) is 4.06. The highest BCUT2D eigenvalue weighted by molar-refractivity contribution is 7.14. The minimum atomic E-state index is -0.612. The van der Waals surface area contributed by atoms with Crippen LogP contribution in [-0.4, -0.2) is 28.5 Å². The van der Waals surface area contributed by atoms with Crippen LogP contribution < -0.4 is 5.32 Å². The van der Waals surface area contributed by atoms with Crippen molar-refractivity contribution in [3.8, 4) is 11.3 Å². The molecule has 2 aromatic heterocycles. The second kappa shape index (κ2) is 7.61. The number of oxazole rings is 1. The molecule has 2 heterocycles. The average Bonchev–Trinajstić information content (AvgIpc) is 3.35. The number of esters is 1. The first-order valence-electron chi connectivity index (χ1n) is 8.41. The molecule has 0 radical (unpaired) electrons. The molecule has 0 spiro atoms. The zero-order valence-electron chi connectivity index (χ0n) is 14.8. The van der Waals surface area contributed by atoms with Crippen LogP contribution in [0, 0.1) is 6.92 Å². The summed E-state index contributed by atoms with van der Waals surface area (Å²) in [4.78, 5) is 32.5. The van der Waals surface area contributed by atoms with Crippen LogP contribution in [0.1, 0.15) is 15.9 Å². The van der Waals surface area contributed by atoms with Crippen molar-refractivity contribution in [2.45, 2.75) is 6.92 Å². The summed E-state index contributed by atoms with van der Waals surface area (Å²) in [5, 5.41) is 4.95. The molecule has 0 fully saturated rings. The zero-order valence-corrected chi connectivity index (χ0v) is 15.7. The third-order valence-electron chi connectivity index (χ3n) is 4.00. The summed E-state index contributed by atoms with van der Waals surface area (Å²) in [6, 6.07) is 12.7. The second-order valence-electron chi connectivity index (χ2n) is 6.06. The van der Waals surface area contributed by atoms with Crippen molar-refractivity contribution >= 4 is 39.4 Å². The summed E-state index contributed by atoms with van der Waals surface area (Å²) in [7, 11) is 0. The van der Waals surface area contributed by atoms with Gasteiger partial charge in [0.05, 0.1) is 11.3 Å². The van der Waals surface area contributed by atoms with Crippen LogP contribution in [-0.2, 0) is 9.53 Å². The van der Waals surface area contributed by atoms with Gasteiger partial charge in [-0.25, -0.2) is 14.8 Å². The molecule has 0 bridgehead atoms. The van der Waals surface area contributed by atoms with Gasteiger partial charge in [-0.1, -0.05) is 29.8 Å². The smallest absolute Gasteiger partial charge is 0.338 e. The van der Waals surface area contributed by atoms with Crippen LogP contribution in [0.5, 0.6) is 0 Å². The van der Waals surface area contributed by atoms with Crippen molar-refractivity contribution in [1.82, 2.24) is 9.97 Å². The number of aryl methyl sites for hydroxylation is 1. The predicted molar refractivity (Wildman–Crippen MR) is 105 cm³/mol. The molecule has 7 nitrogen and oxygen atoms in total. The van der Waals surface area contributed by atoms with E-state index in [1.54, 1.807) is 18.2 Å². The molecule has 0 aliphatic carbocycles. The average molecular weight is 393 g/mol. The maximum Gasteiger partial charge on any atom is 0.338 e. The summed E-state index contributed by atoms with van der Waals surface area (Å²) in [6.45, 7) is 1.61. The molecule has 0 unspecified atom stereocenters. The fraction of sp³-hybridized carbons (Fsp3) is 0.100. The molecule has 2 aromatic carbocycles. The third-order valence-corrected chi connectivity index (χ3v) is 4.76. The summed E-state index contributed by atoms with van der Waals surface area (Å²) in [5.41, 5.74) is 4.32. The Morgan fingerprint density at radius 2 is 2.00 bits per heavy atom. The van der Waals surface area contributed by atoms with E-state index >= 15 is 0 Å². The molecule has 4 aromatic rings. The van der Waals surface area contributed by atoms with Crippen LogP contribution in [0.3, 0.4) is 0 Å². The van der Waals surface area contributed by atoms with Crippen molar-refractivity contribution < 1.29 is 18.7 Å². The lowest BCUT2D eigenvalue weighted by Crippen LogP contribution is -2.20. The molecule has 4 rings (SSSR count). The van der Waals surface area contributed by atoms with Gasteiger partial charge in [-0.05, 0) is 25.1 Å². The van der Waals surface area contributed by atoms with Gasteiger partial charge in [0, 0.05) is 10.9 Å². The summed E-state index contributed by atoms with van der Waals surface area (Å²) in [6.07, 6.45) is 1.30. The first-order chi connectivity index (χ1) is 13.6. The maximum absolute atomic E-state index is 12.1. The molecule has 140 valence electrons. The van der Waals surface area contributed by atoms with Crippen molar-refractivity contribution in [3.05, 3.63) is 65.4 Å². The van der Waals surface area contributed by atoms with Gasteiger partial charge in [0.2, 0.25) is 0 Å². The Balaban J connectivity index is 1.34. The minimum Gasteiger partial charge on any atom is -0.452 e. The quantitative estimate of drug-likeness (QED) is 0.514. The lowest BCUT2D eigenvalue weighted by Gasteiger charge is -2.04. The number of fused-ring (bicyclic) bond motifs is 1. The lowest BCUT2D eigenvalue weighted by molar-refractivity contribution is -0.119. The van der Waals surface area contributed by atoms with Crippen molar-refractivity contribution in [2.24, 2.45) is 0 Å². The fourth-order valence-electron chi connectivity index (χ4n) is 2.54. The first kappa shape index (κ1) is 17.9. The normalized spacial score (nSPS) is 10.8. The number of thiazole rings is 1. The molecule has 8 heteroatoms. The number of benzene rings is 2. The first-order valence-corrected chi connectivity index (χ1v) is 9.29. The summed E-state index contributed by atoms with van der Waals surface area (Å²) >= 11 is 1.31. The zero-order chi connectivity index (χ0) is 19.5. The Labute approximate surface area is 164 Å². The van der Waals surface area contributed by atoms with E-state index in [2.05, 4.69) is 15.3 Å². The van der Waals surface area contributed by atoms with Gasteiger partial charge in [0.15, 0.2) is 23.7 Å². The SMILES string of the molecule is Cc1ccc(-c2csc(NC(=O)COC(=O)c3ccc4ocnc4c3)n2)cc1. The minimum absolute atomic E-state index is 0.296. The fourth-order valence-corrected chi connectivity index (χ4v) is 3.28. The van der Waals surface area contributed by atoms with Gasteiger partial charge in [0.25, 0.3) is 5.91 Å². The van der Waals surface area contributed by atoms with Crippen molar-refractivity contribution in [1.29, 1.82) is 0 Å². The number of ether oxygens (including phenoxy) is 1. The highest BCUT2D eigenvalue weighted by Crippen LogP contribution is 2.25. The van der Waals surface area contributed by atoms with Gasteiger partial charge in [-0.3, -0.25) is 10.1 Å². The Hall–Kier alpha value is -3.52.